The van der Waals surface area contributed by atoms with Crippen molar-refractivity contribution < 1.29 is 33.3 Å². The van der Waals surface area contributed by atoms with Gasteiger partial charge in [-0.1, -0.05) is 6.92 Å². The summed E-state index contributed by atoms with van der Waals surface area (Å²) in [4.78, 5) is 25.9. The average Bonchev–Trinajstić information content (AvgIpc) is 2.83. The predicted molar refractivity (Wildman–Crippen MR) is 105 cm³/mol. The van der Waals surface area contributed by atoms with Gasteiger partial charge >= 0.3 is 5.97 Å². The maximum absolute atomic E-state index is 12.3. The highest BCUT2D eigenvalue weighted by Crippen LogP contribution is 2.51. The molecule has 2 fully saturated rings. The third kappa shape index (κ3) is 3.92. The number of nitrogens with one attached hydrogen (secondary N) is 1. The summed E-state index contributed by atoms with van der Waals surface area (Å²) in [6, 6.07) is -0.393. The highest BCUT2D eigenvalue weighted by Gasteiger charge is 2.60. The molecule has 11 nitrogen and oxygen atoms in total. The zero-order valence-electron chi connectivity index (χ0n) is 16.1. The average molecular weight is 451 g/mol. The first kappa shape index (κ1) is 22.5. The van der Waals surface area contributed by atoms with E-state index < -0.39 is 46.3 Å². The quantitative estimate of drug-likeness (QED) is 0.242. The van der Waals surface area contributed by atoms with Crippen LogP contribution in [0.4, 0.5) is 0 Å². The lowest BCUT2D eigenvalue weighted by molar-refractivity contribution is -0.163. The summed E-state index contributed by atoms with van der Waals surface area (Å²) in [6.45, 7) is 3.45. The van der Waals surface area contributed by atoms with E-state index >= 15 is 0 Å². The minimum Gasteiger partial charge on any atom is -0.477 e. The number of hydrogen-bond acceptors (Lipinski definition) is 8. The molecule has 3 aliphatic heterocycles. The Kier molecular flexibility index (Phi) is 6.30. The van der Waals surface area contributed by atoms with Crippen LogP contribution in [-0.4, -0.2) is 94.5 Å². The van der Waals surface area contributed by atoms with Crippen LogP contribution in [0.25, 0.3) is 0 Å². The third-order valence-electron chi connectivity index (χ3n) is 5.53. The number of hydrogen-bond donors (Lipinski definition) is 5. The number of aliphatic hydroxyl groups excluding tert-OH is 2. The molecular weight excluding hydrogens is 424 g/mol. The van der Waals surface area contributed by atoms with Gasteiger partial charge in [0.1, 0.15) is 5.70 Å². The summed E-state index contributed by atoms with van der Waals surface area (Å²) in [5.74, 6) is -2.49. The van der Waals surface area contributed by atoms with Gasteiger partial charge in [-0.3, -0.25) is 4.79 Å². The molecule has 13 heteroatoms. The van der Waals surface area contributed by atoms with Crippen molar-refractivity contribution in [1.82, 2.24) is 13.9 Å². The zero-order valence-corrected chi connectivity index (χ0v) is 17.7. The predicted octanol–water partition coefficient (Wildman–Crippen LogP) is -2.29. The van der Waals surface area contributed by atoms with Gasteiger partial charge in [-0.05, 0) is 6.92 Å². The molecule has 2 saturated heterocycles. The molecule has 0 bridgehead atoms. The molecule has 1 amide bonds. The Morgan fingerprint density at radius 2 is 2.00 bits per heavy atom. The largest absolute Gasteiger partial charge is 0.477 e. The second-order valence-electron chi connectivity index (χ2n) is 7.57. The van der Waals surface area contributed by atoms with Gasteiger partial charge in [0, 0.05) is 42.3 Å². The van der Waals surface area contributed by atoms with Crippen molar-refractivity contribution in [3.8, 4) is 0 Å². The number of carbonyl (C=O) groups is 2. The topological polar surface area (TPSA) is 174 Å². The van der Waals surface area contributed by atoms with E-state index in [-0.39, 0.29) is 43.0 Å². The first-order chi connectivity index (χ1) is 13.5. The molecule has 6 N–H and O–H groups in total. The van der Waals surface area contributed by atoms with Gasteiger partial charge < -0.3 is 26.0 Å². The molecule has 0 aromatic carbocycles. The Bertz CT molecular complexity index is 825. The van der Waals surface area contributed by atoms with E-state index in [0.29, 0.717) is 4.91 Å². The molecule has 164 valence electrons. The van der Waals surface area contributed by atoms with E-state index in [4.69, 9.17) is 5.73 Å². The van der Waals surface area contributed by atoms with Crippen molar-refractivity contribution in [1.29, 1.82) is 0 Å². The summed E-state index contributed by atoms with van der Waals surface area (Å²) >= 11 is 1.27. The van der Waals surface area contributed by atoms with Crippen LogP contribution in [0.1, 0.15) is 13.8 Å². The minimum absolute atomic E-state index is 0.0607. The van der Waals surface area contributed by atoms with Crippen molar-refractivity contribution in [2.45, 2.75) is 37.3 Å². The van der Waals surface area contributed by atoms with Crippen LogP contribution in [0.2, 0.25) is 0 Å². The Labute approximate surface area is 173 Å². The molecule has 0 aromatic heterocycles. The maximum Gasteiger partial charge on any atom is 0.353 e. The summed E-state index contributed by atoms with van der Waals surface area (Å²) in [6.07, 6.45) is -1.84. The summed E-state index contributed by atoms with van der Waals surface area (Å²) in [5.41, 5.74) is 5.19. The number of rotatable bonds is 9. The third-order valence-corrected chi connectivity index (χ3v) is 8.49. The Morgan fingerprint density at radius 3 is 2.52 bits per heavy atom. The van der Waals surface area contributed by atoms with E-state index in [2.05, 4.69) is 4.72 Å². The molecular formula is C16H26N4O7S2. The fourth-order valence-electron chi connectivity index (χ4n) is 3.91. The van der Waals surface area contributed by atoms with E-state index in [0.717, 1.165) is 0 Å². The van der Waals surface area contributed by atoms with Crippen LogP contribution in [0.15, 0.2) is 10.6 Å². The molecule has 29 heavy (non-hydrogen) atoms. The first-order valence-electron chi connectivity index (χ1n) is 9.27. The van der Waals surface area contributed by atoms with E-state index in [1.165, 1.54) is 27.9 Å². The van der Waals surface area contributed by atoms with E-state index in [9.17, 15) is 33.3 Å². The fourth-order valence-corrected chi connectivity index (χ4v) is 6.95. The monoisotopic (exact) mass is 450 g/mol. The second kappa shape index (κ2) is 8.13. The van der Waals surface area contributed by atoms with E-state index in [1.54, 1.807) is 0 Å². The summed E-state index contributed by atoms with van der Waals surface area (Å²) in [5, 5.41) is 28.7. The number of β-lactam (4-membered cyclic amide) rings is 1. The van der Waals surface area contributed by atoms with Crippen molar-refractivity contribution >= 4 is 33.8 Å². The van der Waals surface area contributed by atoms with Gasteiger partial charge in [-0.15, -0.1) is 11.8 Å². The Hall–Kier alpha value is -1.22. The molecule has 3 aliphatic rings. The van der Waals surface area contributed by atoms with Gasteiger partial charge in [-0.2, -0.15) is 17.4 Å². The summed E-state index contributed by atoms with van der Waals surface area (Å²) < 4.78 is 27.9. The van der Waals surface area contributed by atoms with Gasteiger partial charge in [0.2, 0.25) is 5.91 Å². The molecule has 5 atom stereocenters. The van der Waals surface area contributed by atoms with E-state index in [1.807, 2.05) is 6.92 Å². The van der Waals surface area contributed by atoms with Gasteiger partial charge in [0.25, 0.3) is 10.2 Å². The highest BCUT2D eigenvalue weighted by molar-refractivity contribution is 8.04. The lowest BCUT2D eigenvalue weighted by Crippen LogP contribution is -2.63. The van der Waals surface area contributed by atoms with Gasteiger partial charge in [0.05, 0.1) is 24.2 Å². The minimum atomic E-state index is -3.75. The SMILES string of the molecule is C[C@@H](O)[C@H]1C(=O)N2C(C(=O)O)=C(SC3CN(S(=O)(=O)NCC(O)CN)C3)[C@H](C)[C@H]12. The van der Waals surface area contributed by atoms with Crippen molar-refractivity contribution in [3.63, 3.8) is 0 Å². The number of nitrogens with two attached hydrogens (primary N) is 1. The number of aliphatic hydroxyl groups is 2. The second-order valence-corrected chi connectivity index (χ2v) is 10.7. The Balaban J connectivity index is 1.65. The smallest absolute Gasteiger partial charge is 0.353 e. The van der Waals surface area contributed by atoms with Crippen LogP contribution >= 0.6 is 11.8 Å². The highest BCUT2D eigenvalue weighted by atomic mass is 32.2. The number of thioether (sulfide) groups is 1. The van der Waals surface area contributed by atoms with Crippen molar-refractivity contribution in [2.24, 2.45) is 17.6 Å². The molecule has 1 unspecified atom stereocenters. The van der Waals surface area contributed by atoms with Crippen molar-refractivity contribution in [2.75, 3.05) is 26.2 Å². The molecule has 0 aromatic rings. The lowest BCUT2D eigenvalue weighted by atomic mass is 9.79. The standard InChI is InChI=1S/C16H26N4O7S2/c1-7-12-11(8(2)21)15(23)20(12)13(16(24)25)14(7)28-10-5-19(6-10)29(26,27)18-4-9(22)3-17/h7-12,18,21-22H,3-6,17H2,1-2H3,(H,24,25)/t7-,8-,9?,11-,12-/m1/s1. The van der Waals surface area contributed by atoms with Gasteiger partial charge in [0.15, 0.2) is 0 Å². The fraction of sp³-hybridized carbons (Fsp3) is 0.750. The Morgan fingerprint density at radius 1 is 1.38 bits per heavy atom. The molecule has 0 spiro atoms. The number of amides is 1. The van der Waals surface area contributed by atoms with Crippen molar-refractivity contribution in [3.05, 3.63) is 10.6 Å². The van der Waals surface area contributed by atoms with Crippen LogP contribution in [0.3, 0.4) is 0 Å². The van der Waals surface area contributed by atoms with Crippen LogP contribution in [0, 0.1) is 11.8 Å². The van der Waals surface area contributed by atoms with Crippen LogP contribution in [-0.2, 0) is 19.8 Å². The molecule has 3 rings (SSSR count). The normalized spacial score (nSPS) is 30.0. The number of fused-ring (bicyclic) bond motifs is 1. The molecule has 0 aliphatic carbocycles. The van der Waals surface area contributed by atoms with Gasteiger partial charge in [-0.25, -0.2) is 4.79 Å². The molecule has 0 radical (unpaired) electrons. The van der Waals surface area contributed by atoms with Crippen LogP contribution < -0.4 is 10.5 Å². The summed E-state index contributed by atoms with van der Waals surface area (Å²) in [7, 11) is -3.75. The first-order valence-corrected chi connectivity index (χ1v) is 11.6. The maximum atomic E-state index is 12.3. The zero-order chi connectivity index (χ0) is 21.7. The lowest BCUT2D eigenvalue weighted by Gasteiger charge is -2.46. The number of aliphatic carboxylic acids is 1. The number of carbonyl (C=O) groups excluding carboxylic acids is 1. The molecule has 3 heterocycles. The van der Waals surface area contributed by atoms with Crippen LogP contribution in [0.5, 0.6) is 0 Å². The number of nitrogens with zero attached hydrogens (tertiary/aromatic N) is 2. The molecule has 0 saturated carbocycles. The number of carboxylic acid groups (broad SMARTS) is 1. The number of carboxylic acids is 1.